The first-order valence-corrected chi connectivity index (χ1v) is 9.94. The maximum atomic E-state index is 12.0. The molecule has 0 saturated carbocycles. The standard InChI is InChI=1S/C20H18N6O4S/c1-3-30-19(29)16-12(2)22-20(31-16)26-25-17(13-7-6-10-21-11-13)24-23-15-9-5-4-8-14(15)18(27)28/h4-11,23H,3H2,1-2H3,(H,27,28). The molecule has 0 unspecified atom stereocenters. The molecule has 3 rings (SSSR count). The van der Waals surface area contributed by atoms with Gasteiger partial charge in [0, 0.05) is 18.0 Å². The summed E-state index contributed by atoms with van der Waals surface area (Å²) < 4.78 is 5.00. The van der Waals surface area contributed by atoms with Gasteiger partial charge in [-0.05, 0) is 38.1 Å². The average molecular weight is 438 g/mol. The van der Waals surface area contributed by atoms with Crippen molar-refractivity contribution >= 4 is 39.9 Å². The number of benzene rings is 1. The molecule has 158 valence electrons. The maximum absolute atomic E-state index is 12.0. The third kappa shape index (κ3) is 5.54. The van der Waals surface area contributed by atoms with E-state index in [2.05, 4.69) is 30.7 Å². The SMILES string of the molecule is CCOC(=O)c1sc(N=NC(=NNc2ccccc2C(=O)O)c2cccnc2)nc1C. The summed E-state index contributed by atoms with van der Waals surface area (Å²) in [5.41, 5.74) is 4.11. The predicted octanol–water partition coefficient (Wildman–Crippen LogP) is 4.28. The Hall–Kier alpha value is -3.99. The molecule has 11 heteroatoms. The van der Waals surface area contributed by atoms with Gasteiger partial charge < -0.3 is 9.84 Å². The first kappa shape index (κ1) is 21.7. The second-order valence-corrected chi connectivity index (χ2v) is 6.95. The number of pyridine rings is 1. The minimum atomic E-state index is -1.09. The number of carboxylic acids is 1. The molecule has 0 aliphatic rings. The van der Waals surface area contributed by atoms with E-state index in [0.717, 1.165) is 11.3 Å². The van der Waals surface area contributed by atoms with E-state index in [9.17, 15) is 14.7 Å². The van der Waals surface area contributed by atoms with E-state index in [1.165, 1.54) is 6.07 Å². The smallest absolute Gasteiger partial charge is 0.350 e. The Bertz CT molecular complexity index is 1140. The topological polar surface area (TPSA) is 138 Å². The molecule has 31 heavy (non-hydrogen) atoms. The largest absolute Gasteiger partial charge is 0.478 e. The highest BCUT2D eigenvalue weighted by Crippen LogP contribution is 2.26. The van der Waals surface area contributed by atoms with Crippen molar-refractivity contribution in [3.63, 3.8) is 0 Å². The van der Waals surface area contributed by atoms with Crippen molar-refractivity contribution < 1.29 is 19.4 Å². The fourth-order valence-corrected chi connectivity index (χ4v) is 3.20. The summed E-state index contributed by atoms with van der Waals surface area (Å²) in [6.07, 6.45) is 3.14. The number of ether oxygens (including phenoxy) is 1. The number of aryl methyl sites for hydroxylation is 1. The van der Waals surface area contributed by atoms with E-state index in [-0.39, 0.29) is 23.1 Å². The lowest BCUT2D eigenvalue weighted by Crippen LogP contribution is -2.05. The lowest BCUT2D eigenvalue weighted by molar-refractivity contribution is 0.0530. The van der Waals surface area contributed by atoms with Gasteiger partial charge in [-0.3, -0.25) is 10.4 Å². The van der Waals surface area contributed by atoms with Gasteiger partial charge in [0.25, 0.3) is 0 Å². The molecule has 2 N–H and O–H groups in total. The molecule has 3 aromatic rings. The van der Waals surface area contributed by atoms with Gasteiger partial charge in [0.15, 0.2) is 0 Å². The highest BCUT2D eigenvalue weighted by atomic mass is 32.1. The summed E-state index contributed by atoms with van der Waals surface area (Å²) >= 11 is 1.05. The summed E-state index contributed by atoms with van der Waals surface area (Å²) in [7, 11) is 0. The summed E-state index contributed by atoms with van der Waals surface area (Å²) in [4.78, 5) is 32.0. The van der Waals surface area contributed by atoms with Crippen LogP contribution in [0.1, 0.15) is 38.2 Å². The number of hydrogen-bond acceptors (Lipinski definition) is 9. The number of aromatic carboxylic acids is 1. The Morgan fingerprint density at radius 3 is 2.74 bits per heavy atom. The second-order valence-electron chi connectivity index (χ2n) is 5.97. The minimum absolute atomic E-state index is 0.0587. The van der Waals surface area contributed by atoms with Gasteiger partial charge in [-0.1, -0.05) is 23.5 Å². The first-order chi connectivity index (χ1) is 15.0. The Labute approximate surface area is 181 Å². The molecule has 0 aliphatic heterocycles. The van der Waals surface area contributed by atoms with E-state index in [1.54, 1.807) is 56.6 Å². The van der Waals surface area contributed by atoms with Crippen molar-refractivity contribution in [3.8, 4) is 0 Å². The van der Waals surface area contributed by atoms with Crippen molar-refractivity contribution in [3.05, 3.63) is 70.5 Å². The zero-order valence-electron chi connectivity index (χ0n) is 16.6. The van der Waals surface area contributed by atoms with E-state index in [4.69, 9.17) is 4.74 Å². The monoisotopic (exact) mass is 438 g/mol. The van der Waals surface area contributed by atoms with Gasteiger partial charge in [0.1, 0.15) is 4.88 Å². The fourth-order valence-electron chi connectivity index (χ4n) is 2.42. The number of carbonyl (C=O) groups excluding carboxylic acids is 1. The molecule has 0 fully saturated rings. The molecule has 2 heterocycles. The number of para-hydroxylation sites is 1. The summed E-state index contributed by atoms with van der Waals surface area (Å²) in [5, 5.41) is 22.0. The number of nitrogens with zero attached hydrogens (tertiary/aromatic N) is 5. The zero-order chi connectivity index (χ0) is 22.2. The van der Waals surface area contributed by atoms with Gasteiger partial charge in [-0.15, -0.1) is 10.2 Å². The van der Waals surface area contributed by atoms with E-state index in [1.807, 2.05) is 0 Å². The lowest BCUT2D eigenvalue weighted by Gasteiger charge is -2.06. The van der Waals surface area contributed by atoms with Gasteiger partial charge in [-0.25, -0.2) is 14.6 Å². The van der Waals surface area contributed by atoms with E-state index < -0.39 is 11.9 Å². The van der Waals surface area contributed by atoms with Crippen molar-refractivity contribution in [1.29, 1.82) is 0 Å². The third-order valence-electron chi connectivity index (χ3n) is 3.84. The molecule has 0 radical (unpaired) electrons. The van der Waals surface area contributed by atoms with Crippen LogP contribution in [0, 0.1) is 6.92 Å². The van der Waals surface area contributed by atoms with Crippen LogP contribution < -0.4 is 5.43 Å². The molecule has 1 aromatic carbocycles. The number of hydrazone groups is 1. The number of esters is 1. The third-order valence-corrected chi connectivity index (χ3v) is 4.86. The Kier molecular flexibility index (Phi) is 7.12. The number of azo groups is 1. The Morgan fingerprint density at radius 1 is 1.23 bits per heavy atom. The molecular formula is C20H18N6O4S. The number of carbonyl (C=O) groups is 2. The highest BCUT2D eigenvalue weighted by Gasteiger charge is 2.16. The van der Waals surface area contributed by atoms with Crippen molar-refractivity contribution in [2.75, 3.05) is 12.0 Å². The summed E-state index contributed by atoms with van der Waals surface area (Å²) in [6.45, 7) is 3.66. The van der Waals surface area contributed by atoms with E-state index >= 15 is 0 Å². The lowest BCUT2D eigenvalue weighted by atomic mass is 10.2. The van der Waals surface area contributed by atoms with Gasteiger partial charge >= 0.3 is 11.9 Å². The van der Waals surface area contributed by atoms with Crippen LogP contribution in [0.4, 0.5) is 10.8 Å². The van der Waals surface area contributed by atoms with Crippen molar-refractivity contribution in [1.82, 2.24) is 9.97 Å². The van der Waals surface area contributed by atoms with Crippen LogP contribution in [0.15, 0.2) is 64.1 Å². The molecular weight excluding hydrogens is 420 g/mol. The molecule has 2 aromatic heterocycles. The molecule has 0 saturated heterocycles. The number of hydrogen-bond donors (Lipinski definition) is 2. The van der Waals surface area contributed by atoms with Crippen LogP contribution in [0.3, 0.4) is 0 Å². The Balaban J connectivity index is 1.91. The molecule has 10 nitrogen and oxygen atoms in total. The van der Waals surface area contributed by atoms with Crippen LogP contribution in [0.25, 0.3) is 0 Å². The predicted molar refractivity (Wildman–Crippen MR) is 115 cm³/mol. The van der Waals surface area contributed by atoms with Crippen molar-refractivity contribution in [2.45, 2.75) is 13.8 Å². The van der Waals surface area contributed by atoms with Crippen LogP contribution in [-0.2, 0) is 4.74 Å². The molecule has 0 amide bonds. The zero-order valence-corrected chi connectivity index (χ0v) is 17.5. The average Bonchev–Trinajstić information content (AvgIpc) is 3.15. The number of nitrogens with one attached hydrogen (secondary N) is 1. The quantitative estimate of drug-likeness (QED) is 0.184. The Morgan fingerprint density at radius 2 is 2.03 bits per heavy atom. The van der Waals surface area contributed by atoms with E-state index in [0.29, 0.717) is 21.8 Å². The number of aromatic nitrogens is 2. The minimum Gasteiger partial charge on any atom is -0.478 e. The molecule has 0 aliphatic carbocycles. The maximum Gasteiger partial charge on any atom is 0.350 e. The summed E-state index contributed by atoms with van der Waals surface area (Å²) in [5.74, 6) is -1.40. The number of thiazole rings is 1. The molecule has 0 atom stereocenters. The normalized spacial score (nSPS) is 11.5. The van der Waals surface area contributed by atoms with Gasteiger partial charge in [-0.2, -0.15) is 5.10 Å². The molecule has 0 spiro atoms. The van der Waals surface area contributed by atoms with Gasteiger partial charge in [0.05, 0.1) is 23.6 Å². The number of anilines is 1. The fraction of sp³-hybridized carbons (Fsp3) is 0.150. The first-order valence-electron chi connectivity index (χ1n) is 9.12. The summed E-state index contributed by atoms with van der Waals surface area (Å²) in [6, 6.07) is 9.78. The number of rotatable bonds is 7. The van der Waals surface area contributed by atoms with Crippen LogP contribution in [0.2, 0.25) is 0 Å². The van der Waals surface area contributed by atoms with Crippen molar-refractivity contribution in [2.24, 2.45) is 15.3 Å². The molecule has 0 bridgehead atoms. The van der Waals surface area contributed by atoms with Crippen LogP contribution in [-0.4, -0.2) is 39.5 Å². The number of carboxylic acid groups (broad SMARTS) is 1. The highest BCUT2D eigenvalue weighted by molar-refractivity contribution is 7.17. The van der Waals surface area contributed by atoms with Crippen LogP contribution in [0.5, 0.6) is 0 Å². The second kappa shape index (κ2) is 10.2. The number of amidine groups is 1. The van der Waals surface area contributed by atoms with Gasteiger partial charge in [0.2, 0.25) is 11.0 Å². The van der Waals surface area contributed by atoms with Crippen LogP contribution >= 0.6 is 11.3 Å².